The van der Waals surface area contributed by atoms with Crippen LogP contribution < -0.4 is 5.32 Å². The van der Waals surface area contributed by atoms with Crippen LogP contribution >= 0.6 is 0 Å². The van der Waals surface area contributed by atoms with Crippen molar-refractivity contribution in [3.8, 4) is 12.1 Å². The molecule has 2 aliphatic heterocycles. The van der Waals surface area contributed by atoms with Crippen molar-refractivity contribution in [3.63, 3.8) is 0 Å². The van der Waals surface area contributed by atoms with Crippen LogP contribution in [0.1, 0.15) is 41.6 Å². The SMILES string of the molecule is N#CC1=CC(C2=CC3CC=NCC3C(NC3CCN(C(=O)c4ccc(C#N)cc4)CC3)=C2)CC=C1. The van der Waals surface area contributed by atoms with Crippen molar-refractivity contribution in [2.24, 2.45) is 22.7 Å². The maximum Gasteiger partial charge on any atom is 0.253 e. The summed E-state index contributed by atoms with van der Waals surface area (Å²) in [5.41, 5.74) is 4.47. The van der Waals surface area contributed by atoms with Crippen molar-refractivity contribution in [2.75, 3.05) is 19.6 Å². The van der Waals surface area contributed by atoms with Crippen molar-refractivity contribution in [1.29, 1.82) is 10.5 Å². The molecule has 1 N–H and O–H groups in total. The Morgan fingerprint density at radius 2 is 1.86 bits per heavy atom. The smallest absolute Gasteiger partial charge is 0.253 e. The van der Waals surface area contributed by atoms with Gasteiger partial charge in [0.05, 0.1) is 17.7 Å². The Morgan fingerprint density at radius 1 is 1.06 bits per heavy atom. The number of amides is 1. The third-order valence-corrected chi connectivity index (χ3v) is 7.49. The van der Waals surface area contributed by atoms with E-state index in [1.165, 1.54) is 11.3 Å². The molecule has 1 aromatic carbocycles. The molecular weight excluding hydrogens is 434 g/mol. The molecule has 3 unspecified atom stereocenters. The minimum absolute atomic E-state index is 0.0298. The van der Waals surface area contributed by atoms with Gasteiger partial charge in [0.25, 0.3) is 5.91 Å². The quantitative estimate of drug-likeness (QED) is 0.720. The van der Waals surface area contributed by atoms with E-state index in [1.54, 1.807) is 24.3 Å². The molecule has 6 nitrogen and oxygen atoms in total. The van der Waals surface area contributed by atoms with Gasteiger partial charge in [-0.2, -0.15) is 10.5 Å². The zero-order valence-electron chi connectivity index (χ0n) is 19.7. The highest BCUT2D eigenvalue weighted by atomic mass is 16.2. The number of hydrogen-bond acceptors (Lipinski definition) is 5. The molecule has 0 radical (unpaired) electrons. The topological polar surface area (TPSA) is 92.3 Å². The first-order valence-electron chi connectivity index (χ1n) is 12.4. The Hall–Kier alpha value is -3.90. The molecular formula is C29H29N5O. The van der Waals surface area contributed by atoms with Gasteiger partial charge in [0.2, 0.25) is 0 Å². The van der Waals surface area contributed by atoms with E-state index in [1.807, 2.05) is 17.2 Å². The Labute approximate surface area is 206 Å². The summed E-state index contributed by atoms with van der Waals surface area (Å²) in [5.74, 6) is 1.05. The summed E-state index contributed by atoms with van der Waals surface area (Å²) in [4.78, 5) is 19.4. The number of nitrogens with zero attached hydrogens (tertiary/aromatic N) is 4. The van der Waals surface area contributed by atoms with Crippen LogP contribution in [-0.4, -0.2) is 42.7 Å². The first-order valence-corrected chi connectivity index (χ1v) is 12.4. The van der Waals surface area contributed by atoms with Crippen LogP contribution in [0.2, 0.25) is 0 Å². The van der Waals surface area contributed by atoms with Crippen LogP contribution in [0.4, 0.5) is 0 Å². The minimum atomic E-state index is 0.0298. The number of nitriles is 2. The van der Waals surface area contributed by atoms with Gasteiger partial charge in [-0.1, -0.05) is 18.2 Å². The predicted octanol–water partition coefficient (Wildman–Crippen LogP) is 4.31. The number of allylic oxidation sites excluding steroid dienone is 7. The second-order valence-corrected chi connectivity index (χ2v) is 9.70. The molecule has 0 saturated carbocycles. The van der Waals surface area contributed by atoms with E-state index in [0.29, 0.717) is 42.1 Å². The molecule has 1 aromatic rings. The van der Waals surface area contributed by atoms with Gasteiger partial charge in [-0.3, -0.25) is 9.79 Å². The Bertz CT molecular complexity index is 1210. The fourth-order valence-electron chi connectivity index (χ4n) is 5.48. The fourth-order valence-corrected chi connectivity index (χ4v) is 5.48. The molecule has 0 spiro atoms. The second-order valence-electron chi connectivity index (χ2n) is 9.70. The maximum absolute atomic E-state index is 12.9. The second kappa shape index (κ2) is 10.2. The van der Waals surface area contributed by atoms with E-state index in [4.69, 9.17) is 5.26 Å². The number of fused-ring (bicyclic) bond motifs is 1. The molecule has 1 fully saturated rings. The molecule has 6 heteroatoms. The van der Waals surface area contributed by atoms with Gasteiger partial charge in [0.1, 0.15) is 0 Å². The van der Waals surface area contributed by atoms with Crippen molar-refractivity contribution in [3.05, 3.63) is 82.6 Å². The lowest BCUT2D eigenvalue weighted by Crippen LogP contribution is -2.46. The Kier molecular flexibility index (Phi) is 6.64. The molecule has 0 bridgehead atoms. The molecule has 1 amide bonds. The lowest BCUT2D eigenvalue weighted by Gasteiger charge is -2.38. The van der Waals surface area contributed by atoms with Gasteiger partial charge in [0, 0.05) is 54.3 Å². The van der Waals surface area contributed by atoms with E-state index in [0.717, 1.165) is 37.8 Å². The maximum atomic E-state index is 12.9. The van der Waals surface area contributed by atoms with Gasteiger partial charge in [-0.15, -0.1) is 0 Å². The average molecular weight is 464 g/mol. The summed E-state index contributed by atoms with van der Waals surface area (Å²) in [5, 5.41) is 22.2. The molecule has 35 heavy (non-hydrogen) atoms. The highest BCUT2D eigenvalue weighted by Gasteiger charge is 2.32. The summed E-state index contributed by atoms with van der Waals surface area (Å²) < 4.78 is 0. The van der Waals surface area contributed by atoms with Crippen LogP contribution in [0, 0.1) is 40.4 Å². The molecule has 4 aliphatic rings. The van der Waals surface area contributed by atoms with Crippen LogP contribution in [0.15, 0.2) is 76.5 Å². The van der Waals surface area contributed by atoms with E-state index in [-0.39, 0.29) is 11.8 Å². The number of benzene rings is 1. The van der Waals surface area contributed by atoms with E-state index in [2.05, 4.69) is 46.8 Å². The van der Waals surface area contributed by atoms with Gasteiger partial charge in [-0.05, 0) is 79.8 Å². The fraction of sp³-hybridized carbons (Fsp3) is 0.379. The minimum Gasteiger partial charge on any atom is -0.385 e. The van der Waals surface area contributed by atoms with Gasteiger partial charge in [-0.25, -0.2) is 0 Å². The molecule has 0 aromatic heterocycles. The summed E-state index contributed by atoms with van der Waals surface area (Å²) in [7, 11) is 0. The lowest BCUT2D eigenvalue weighted by atomic mass is 9.76. The lowest BCUT2D eigenvalue weighted by molar-refractivity contribution is 0.0707. The molecule has 5 rings (SSSR count). The third-order valence-electron chi connectivity index (χ3n) is 7.49. The summed E-state index contributed by atoms with van der Waals surface area (Å²) in [6.07, 6.45) is 16.5. The van der Waals surface area contributed by atoms with Crippen molar-refractivity contribution in [2.45, 2.75) is 31.7 Å². The molecule has 1 saturated heterocycles. The first-order chi connectivity index (χ1) is 17.1. The molecule has 2 aliphatic carbocycles. The normalized spacial score (nSPS) is 25.9. The first kappa shape index (κ1) is 22.9. The number of nitrogens with one attached hydrogen (secondary N) is 1. The van der Waals surface area contributed by atoms with E-state index in [9.17, 15) is 10.1 Å². The van der Waals surface area contributed by atoms with Gasteiger partial charge in [0.15, 0.2) is 0 Å². The van der Waals surface area contributed by atoms with Crippen LogP contribution in [0.5, 0.6) is 0 Å². The zero-order chi connectivity index (χ0) is 24.2. The van der Waals surface area contributed by atoms with Crippen LogP contribution in [-0.2, 0) is 0 Å². The van der Waals surface area contributed by atoms with Crippen LogP contribution in [0.3, 0.4) is 0 Å². The number of aliphatic imine (C=N–C) groups is 1. The van der Waals surface area contributed by atoms with E-state index < -0.39 is 0 Å². The number of carbonyl (C=O) groups excluding carboxylic acids is 1. The monoisotopic (exact) mass is 463 g/mol. The third kappa shape index (κ3) is 4.98. The Morgan fingerprint density at radius 3 is 2.60 bits per heavy atom. The average Bonchev–Trinajstić information content (AvgIpc) is 2.93. The number of rotatable bonds is 4. The highest BCUT2D eigenvalue weighted by molar-refractivity contribution is 5.94. The molecule has 3 atom stereocenters. The van der Waals surface area contributed by atoms with Gasteiger partial charge >= 0.3 is 0 Å². The summed E-state index contributed by atoms with van der Waals surface area (Å²) in [6.45, 7) is 2.22. The molecule has 176 valence electrons. The zero-order valence-corrected chi connectivity index (χ0v) is 19.7. The predicted molar refractivity (Wildman–Crippen MR) is 135 cm³/mol. The summed E-state index contributed by atoms with van der Waals surface area (Å²) >= 11 is 0. The number of hydrogen-bond donors (Lipinski definition) is 1. The standard InChI is InChI=1S/C29H29N5O/c30-17-20-4-6-22(7-5-20)29(35)34-12-9-26(10-13-34)33-28-16-25(15-24-8-11-32-19-27(24)28)23-3-1-2-21(14-23)18-31/h1-2,4-7,11,14-16,23-24,26-27,33H,3,8-10,12-13,19H2. The number of carbonyl (C=O) groups is 1. The number of piperidine rings is 1. The summed E-state index contributed by atoms with van der Waals surface area (Å²) in [6, 6.07) is 11.6. The van der Waals surface area contributed by atoms with Gasteiger partial charge < -0.3 is 10.2 Å². The number of likely N-dealkylation sites (tertiary alicyclic amines) is 1. The van der Waals surface area contributed by atoms with Crippen molar-refractivity contribution in [1.82, 2.24) is 10.2 Å². The molecule has 2 heterocycles. The highest BCUT2D eigenvalue weighted by Crippen LogP contribution is 2.37. The van der Waals surface area contributed by atoms with E-state index >= 15 is 0 Å². The largest absolute Gasteiger partial charge is 0.385 e. The Balaban J connectivity index is 1.26. The van der Waals surface area contributed by atoms with Crippen molar-refractivity contribution < 1.29 is 4.79 Å². The van der Waals surface area contributed by atoms with Crippen molar-refractivity contribution >= 4 is 12.1 Å². The van der Waals surface area contributed by atoms with Crippen LogP contribution in [0.25, 0.3) is 0 Å².